The van der Waals surface area contributed by atoms with Gasteiger partial charge in [0.2, 0.25) is 0 Å². The number of alkyl carbamates (subject to hydrolysis) is 1. The van der Waals surface area contributed by atoms with Crippen molar-refractivity contribution in [2.24, 2.45) is 17.8 Å². The van der Waals surface area contributed by atoms with E-state index in [0.717, 1.165) is 19.5 Å². The molecule has 0 atom stereocenters. The number of carbonyl (C=O) groups is 1. The molecule has 4 heteroatoms. The molecule has 4 nitrogen and oxygen atoms in total. The lowest BCUT2D eigenvalue weighted by molar-refractivity contribution is 0.0527. The lowest BCUT2D eigenvalue weighted by Gasteiger charge is -2.25. The summed E-state index contributed by atoms with van der Waals surface area (Å²) < 4.78 is 5.17. The van der Waals surface area contributed by atoms with E-state index >= 15 is 0 Å². The van der Waals surface area contributed by atoms with E-state index < -0.39 is 5.60 Å². The second-order valence-electron chi connectivity index (χ2n) is 7.14. The molecule has 0 spiro atoms. The highest BCUT2D eigenvalue weighted by Gasteiger charge is 2.17. The van der Waals surface area contributed by atoms with Crippen LogP contribution < -0.4 is 10.6 Å². The predicted octanol–water partition coefficient (Wildman–Crippen LogP) is 3.42. The average molecular weight is 286 g/mol. The van der Waals surface area contributed by atoms with Crippen LogP contribution in [0.1, 0.15) is 54.9 Å². The summed E-state index contributed by atoms with van der Waals surface area (Å²) in [7, 11) is 0. The van der Waals surface area contributed by atoms with Crippen LogP contribution in [0, 0.1) is 17.8 Å². The number of hydrogen-bond acceptors (Lipinski definition) is 3. The van der Waals surface area contributed by atoms with Gasteiger partial charge in [-0.05, 0) is 58.0 Å². The lowest BCUT2D eigenvalue weighted by Crippen LogP contribution is -2.35. The first-order valence-electron chi connectivity index (χ1n) is 7.81. The molecule has 120 valence electrons. The fourth-order valence-corrected chi connectivity index (χ4v) is 2.23. The van der Waals surface area contributed by atoms with Gasteiger partial charge in [-0.25, -0.2) is 4.79 Å². The summed E-state index contributed by atoms with van der Waals surface area (Å²) in [6.07, 6.45) is 0.585. The number of rotatable bonds is 8. The Hall–Kier alpha value is -0.770. The molecular formula is C16H34N2O2. The minimum absolute atomic E-state index is 0.334. The van der Waals surface area contributed by atoms with Gasteiger partial charge in [0, 0.05) is 6.54 Å². The van der Waals surface area contributed by atoms with Crippen molar-refractivity contribution in [3.63, 3.8) is 0 Å². The maximum Gasteiger partial charge on any atom is 0.407 e. The SMILES string of the molecule is CC(C)C(CNCCCNC(=O)OC(C)(C)C)C(C)C. The molecule has 0 aliphatic rings. The molecule has 2 N–H and O–H groups in total. The highest BCUT2D eigenvalue weighted by atomic mass is 16.6. The van der Waals surface area contributed by atoms with Crippen LogP contribution in [-0.2, 0) is 4.74 Å². The van der Waals surface area contributed by atoms with Gasteiger partial charge < -0.3 is 15.4 Å². The summed E-state index contributed by atoms with van der Waals surface area (Å²) in [6, 6.07) is 0. The Balaban J connectivity index is 3.65. The highest BCUT2D eigenvalue weighted by molar-refractivity contribution is 5.67. The van der Waals surface area contributed by atoms with E-state index in [9.17, 15) is 4.79 Å². The molecule has 0 saturated heterocycles. The third-order valence-electron chi connectivity index (χ3n) is 3.29. The second kappa shape index (κ2) is 9.22. The highest BCUT2D eigenvalue weighted by Crippen LogP contribution is 2.19. The van der Waals surface area contributed by atoms with E-state index in [2.05, 4.69) is 38.3 Å². The number of nitrogens with one attached hydrogen (secondary N) is 2. The summed E-state index contributed by atoms with van der Waals surface area (Å²) in [6.45, 7) is 17.3. The number of carbonyl (C=O) groups excluding carboxylic acids is 1. The molecule has 0 aliphatic carbocycles. The number of ether oxygens (including phenoxy) is 1. The molecule has 0 aliphatic heterocycles. The first kappa shape index (κ1) is 19.2. The monoisotopic (exact) mass is 286 g/mol. The molecule has 0 aromatic rings. The Morgan fingerprint density at radius 3 is 2.05 bits per heavy atom. The van der Waals surface area contributed by atoms with E-state index in [-0.39, 0.29) is 6.09 Å². The molecule has 0 rings (SSSR count). The molecule has 20 heavy (non-hydrogen) atoms. The first-order chi connectivity index (χ1) is 9.13. The Bertz CT molecular complexity index is 262. The Kier molecular flexibility index (Phi) is 8.86. The molecule has 0 fully saturated rings. The minimum Gasteiger partial charge on any atom is -0.444 e. The van der Waals surface area contributed by atoms with Gasteiger partial charge in [-0.15, -0.1) is 0 Å². The molecule has 0 aromatic carbocycles. The fraction of sp³-hybridized carbons (Fsp3) is 0.938. The summed E-state index contributed by atoms with van der Waals surface area (Å²) >= 11 is 0. The quantitative estimate of drug-likeness (QED) is 0.672. The smallest absolute Gasteiger partial charge is 0.407 e. The molecule has 0 saturated carbocycles. The maximum atomic E-state index is 11.4. The van der Waals surface area contributed by atoms with Gasteiger partial charge >= 0.3 is 6.09 Å². The van der Waals surface area contributed by atoms with E-state index in [1.807, 2.05) is 20.8 Å². The van der Waals surface area contributed by atoms with Crippen LogP contribution in [0.2, 0.25) is 0 Å². The van der Waals surface area contributed by atoms with Crippen molar-refractivity contribution in [3.8, 4) is 0 Å². The largest absolute Gasteiger partial charge is 0.444 e. The van der Waals surface area contributed by atoms with E-state index in [1.54, 1.807) is 0 Å². The van der Waals surface area contributed by atoms with Crippen LogP contribution >= 0.6 is 0 Å². The van der Waals surface area contributed by atoms with Crippen molar-refractivity contribution < 1.29 is 9.53 Å². The van der Waals surface area contributed by atoms with Crippen molar-refractivity contribution in [2.75, 3.05) is 19.6 Å². The molecule has 0 aromatic heterocycles. The zero-order valence-electron chi connectivity index (χ0n) is 14.4. The average Bonchev–Trinajstić information content (AvgIpc) is 2.24. The van der Waals surface area contributed by atoms with Crippen LogP contribution in [0.25, 0.3) is 0 Å². The summed E-state index contributed by atoms with van der Waals surface area (Å²) in [4.78, 5) is 11.4. The normalized spacial score (nSPS) is 12.3. The Labute approximate surface area is 125 Å². The van der Waals surface area contributed by atoms with Gasteiger partial charge in [-0.2, -0.15) is 0 Å². The van der Waals surface area contributed by atoms with Crippen molar-refractivity contribution in [2.45, 2.75) is 60.5 Å². The molecule has 0 unspecified atom stereocenters. The van der Waals surface area contributed by atoms with Gasteiger partial charge in [-0.1, -0.05) is 27.7 Å². The molecule has 0 heterocycles. The summed E-state index contributed by atoms with van der Waals surface area (Å²) in [5.74, 6) is 2.10. The Morgan fingerprint density at radius 1 is 1.05 bits per heavy atom. The predicted molar refractivity (Wildman–Crippen MR) is 84.9 cm³/mol. The van der Waals surface area contributed by atoms with Crippen molar-refractivity contribution in [1.82, 2.24) is 10.6 Å². The minimum atomic E-state index is -0.427. The lowest BCUT2D eigenvalue weighted by atomic mass is 9.85. The number of amides is 1. The van der Waals surface area contributed by atoms with Crippen LogP contribution in [0.4, 0.5) is 4.79 Å². The van der Waals surface area contributed by atoms with E-state index in [0.29, 0.717) is 24.3 Å². The summed E-state index contributed by atoms with van der Waals surface area (Å²) in [5.41, 5.74) is -0.427. The van der Waals surface area contributed by atoms with E-state index in [4.69, 9.17) is 4.74 Å². The van der Waals surface area contributed by atoms with Crippen LogP contribution in [0.3, 0.4) is 0 Å². The molecule has 0 bridgehead atoms. The maximum absolute atomic E-state index is 11.4. The van der Waals surface area contributed by atoms with Crippen LogP contribution in [-0.4, -0.2) is 31.3 Å². The van der Waals surface area contributed by atoms with Crippen molar-refractivity contribution >= 4 is 6.09 Å². The zero-order chi connectivity index (χ0) is 15.8. The zero-order valence-corrected chi connectivity index (χ0v) is 14.4. The van der Waals surface area contributed by atoms with Gasteiger partial charge in [0.15, 0.2) is 0 Å². The third-order valence-corrected chi connectivity index (χ3v) is 3.29. The molecular weight excluding hydrogens is 252 g/mol. The van der Waals surface area contributed by atoms with Gasteiger partial charge in [0.1, 0.15) is 5.60 Å². The van der Waals surface area contributed by atoms with Gasteiger partial charge in [-0.3, -0.25) is 0 Å². The second-order valence-corrected chi connectivity index (χ2v) is 7.14. The van der Waals surface area contributed by atoms with Crippen molar-refractivity contribution in [1.29, 1.82) is 0 Å². The number of hydrogen-bond donors (Lipinski definition) is 2. The van der Waals surface area contributed by atoms with Gasteiger partial charge in [0.05, 0.1) is 0 Å². The van der Waals surface area contributed by atoms with Crippen LogP contribution in [0.15, 0.2) is 0 Å². The van der Waals surface area contributed by atoms with Crippen molar-refractivity contribution in [3.05, 3.63) is 0 Å². The van der Waals surface area contributed by atoms with E-state index in [1.165, 1.54) is 0 Å². The van der Waals surface area contributed by atoms with Gasteiger partial charge in [0.25, 0.3) is 0 Å². The molecule has 1 amide bonds. The first-order valence-corrected chi connectivity index (χ1v) is 7.81. The fourth-order valence-electron chi connectivity index (χ4n) is 2.23. The Morgan fingerprint density at radius 2 is 1.60 bits per heavy atom. The molecule has 0 radical (unpaired) electrons. The van der Waals surface area contributed by atoms with Crippen LogP contribution in [0.5, 0.6) is 0 Å². The topological polar surface area (TPSA) is 50.4 Å². The third kappa shape index (κ3) is 10.1. The summed E-state index contributed by atoms with van der Waals surface area (Å²) in [5, 5.41) is 6.25. The standard InChI is InChI=1S/C16H34N2O2/c1-12(2)14(13(3)4)11-17-9-8-10-18-15(19)20-16(5,6)7/h12-14,17H,8-11H2,1-7H3,(H,18,19).